The maximum atomic E-state index is 11.7. The van der Waals surface area contributed by atoms with Gasteiger partial charge in [-0.15, -0.1) is 0 Å². The largest absolute Gasteiger partial charge is 0.508 e. The second kappa shape index (κ2) is 6.86. The van der Waals surface area contributed by atoms with Crippen LogP contribution in [0.15, 0.2) is 12.1 Å². The Morgan fingerprint density at radius 2 is 1.83 bits per heavy atom. The van der Waals surface area contributed by atoms with Crippen molar-refractivity contribution in [3.63, 3.8) is 0 Å². The SMILES string of the molecule is Cc1c(O)cc(C(=O)NCCCCCN)cc1O. The van der Waals surface area contributed by atoms with Crippen molar-refractivity contribution in [2.75, 3.05) is 13.1 Å². The van der Waals surface area contributed by atoms with Gasteiger partial charge in [0.05, 0.1) is 0 Å². The van der Waals surface area contributed by atoms with Crippen molar-refractivity contribution in [2.45, 2.75) is 26.2 Å². The molecular weight excluding hydrogens is 232 g/mol. The summed E-state index contributed by atoms with van der Waals surface area (Å²) in [6.07, 6.45) is 2.79. The third kappa shape index (κ3) is 3.92. The number of hydrogen-bond acceptors (Lipinski definition) is 4. The molecule has 0 saturated carbocycles. The summed E-state index contributed by atoms with van der Waals surface area (Å²) >= 11 is 0. The number of amides is 1. The number of carbonyl (C=O) groups is 1. The summed E-state index contributed by atoms with van der Waals surface area (Å²) in [4.78, 5) is 11.7. The van der Waals surface area contributed by atoms with Crippen LogP contribution in [0.1, 0.15) is 35.2 Å². The van der Waals surface area contributed by atoms with E-state index in [0.717, 1.165) is 19.3 Å². The van der Waals surface area contributed by atoms with Crippen molar-refractivity contribution < 1.29 is 15.0 Å². The molecule has 0 bridgehead atoms. The molecule has 0 radical (unpaired) electrons. The molecule has 0 aliphatic heterocycles. The zero-order valence-electron chi connectivity index (χ0n) is 10.6. The van der Waals surface area contributed by atoms with Crippen LogP contribution in [0, 0.1) is 6.92 Å². The molecule has 5 heteroatoms. The van der Waals surface area contributed by atoms with E-state index in [9.17, 15) is 15.0 Å². The lowest BCUT2D eigenvalue weighted by Gasteiger charge is -2.08. The van der Waals surface area contributed by atoms with Gasteiger partial charge < -0.3 is 21.3 Å². The first-order valence-corrected chi connectivity index (χ1v) is 6.07. The summed E-state index contributed by atoms with van der Waals surface area (Å²) in [5, 5.41) is 21.8. The molecular formula is C13H20N2O3. The second-order valence-corrected chi connectivity index (χ2v) is 4.24. The topological polar surface area (TPSA) is 95.6 Å². The van der Waals surface area contributed by atoms with Crippen molar-refractivity contribution >= 4 is 5.91 Å². The highest BCUT2D eigenvalue weighted by Gasteiger charge is 2.10. The van der Waals surface area contributed by atoms with Gasteiger partial charge in [-0.05, 0) is 38.4 Å². The van der Waals surface area contributed by atoms with Gasteiger partial charge in [-0.25, -0.2) is 0 Å². The molecule has 0 fully saturated rings. The molecule has 100 valence electrons. The highest BCUT2D eigenvalue weighted by atomic mass is 16.3. The Labute approximate surface area is 107 Å². The van der Waals surface area contributed by atoms with Gasteiger partial charge in [-0.1, -0.05) is 6.42 Å². The number of unbranched alkanes of at least 4 members (excludes halogenated alkanes) is 2. The maximum absolute atomic E-state index is 11.7. The van der Waals surface area contributed by atoms with E-state index in [1.807, 2.05) is 0 Å². The third-order valence-electron chi connectivity index (χ3n) is 2.78. The highest BCUT2D eigenvalue weighted by Crippen LogP contribution is 2.27. The lowest BCUT2D eigenvalue weighted by atomic mass is 10.1. The molecule has 0 aliphatic carbocycles. The number of nitrogens with one attached hydrogen (secondary N) is 1. The minimum Gasteiger partial charge on any atom is -0.508 e. The van der Waals surface area contributed by atoms with Crippen molar-refractivity contribution in [3.05, 3.63) is 23.3 Å². The Bertz CT molecular complexity index is 396. The Morgan fingerprint density at radius 1 is 1.22 bits per heavy atom. The number of rotatable bonds is 6. The molecule has 1 amide bonds. The van der Waals surface area contributed by atoms with Crippen LogP contribution in [0.2, 0.25) is 0 Å². The van der Waals surface area contributed by atoms with Crippen LogP contribution in [-0.2, 0) is 0 Å². The fourth-order valence-electron chi connectivity index (χ4n) is 1.57. The predicted octanol–water partition coefficient (Wildman–Crippen LogP) is 1.27. The minimum absolute atomic E-state index is 0.0803. The first-order chi connectivity index (χ1) is 8.56. The molecule has 5 nitrogen and oxygen atoms in total. The zero-order chi connectivity index (χ0) is 13.5. The van der Waals surface area contributed by atoms with Crippen LogP contribution in [0.4, 0.5) is 0 Å². The first-order valence-electron chi connectivity index (χ1n) is 6.07. The smallest absolute Gasteiger partial charge is 0.251 e. The fraction of sp³-hybridized carbons (Fsp3) is 0.462. The van der Waals surface area contributed by atoms with Gasteiger partial charge in [0.1, 0.15) is 11.5 Å². The van der Waals surface area contributed by atoms with Gasteiger partial charge in [0.25, 0.3) is 5.91 Å². The molecule has 1 rings (SSSR count). The normalized spacial score (nSPS) is 10.3. The van der Waals surface area contributed by atoms with E-state index in [1.165, 1.54) is 12.1 Å². The quantitative estimate of drug-likeness (QED) is 0.573. The van der Waals surface area contributed by atoms with E-state index in [0.29, 0.717) is 18.7 Å². The highest BCUT2D eigenvalue weighted by molar-refractivity contribution is 5.95. The monoisotopic (exact) mass is 252 g/mol. The van der Waals surface area contributed by atoms with Crippen LogP contribution >= 0.6 is 0 Å². The molecule has 0 atom stereocenters. The second-order valence-electron chi connectivity index (χ2n) is 4.24. The molecule has 5 N–H and O–H groups in total. The average Bonchev–Trinajstić information content (AvgIpc) is 2.34. The van der Waals surface area contributed by atoms with Gasteiger partial charge >= 0.3 is 0 Å². The average molecular weight is 252 g/mol. The maximum Gasteiger partial charge on any atom is 0.251 e. The standard InChI is InChI=1S/C13H20N2O3/c1-9-11(16)7-10(8-12(9)17)13(18)15-6-4-2-3-5-14/h7-8,16-17H,2-6,14H2,1H3,(H,15,18). The summed E-state index contributed by atoms with van der Waals surface area (Å²) in [5.74, 6) is -0.458. The molecule has 0 aliphatic rings. The summed E-state index contributed by atoms with van der Waals surface area (Å²) in [7, 11) is 0. The predicted molar refractivity (Wildman–Crippen MR) is 69.7 cm³/mol. The molecule has 1 aromatic carbocycles. The van der Waals surface area contributed by atoms with E-state index < -0.39 is 0 Å². The lowest BCUT2D eigenvalue weighted by molar-refractivity contribution is 0.0952. The Balaban J connectivity index is 2.52. The number of carbonyl (C=O) groups excluding carboxylic acids is 1. The molecule has 0 spiro atoms. The van der Waals surface area contributed by atoms with Crippen molar-refractivity contribution in [2.24, 2.45) is 5.73 Å². The number of hydrogen-bond donors (Lipinski definition) is 4. The molecule has 0 heterocycles. The molecule has 18 heavy (non-hydrogen) atoms. The van der Waals surface area contributed by atoms with Gasteiger partial charge in [-0.2, -0.15) is 0 Å². The van der Waals surface area contributed by atoms with E-state index in [1.54, 1.807) is 6.92 Å². The number of aromatic hydroxyl groups is 2. The fourth-order valence-corrected chi connectivity index (χ4v) is 1.57. The third-order valence-corrected chi connectivity index (χ3v) is 2.78. The summed E-state index contributed by atoms with van der Waals surface area (Å²) < 4.78 is 0. The van der Waals surface area contributed by atoms with E-state index in [2.05, 4.69) is 5.32 Å². The number of phenols is 2. The zero-order valence-corrected chi connectivity index (χ0v) is 10.6. The van der Waals surface area contributed by atoms with Gasteiger partial charge in [-0.3, -0.25) is 4.79 Å². The Morgan fingerprint density at radius 3 is 2.39 bits per heavy atom. The number of nitrogens with two attached hydrogens (primary N) is 1. The number of benzene rings is 1. The minimum atomic E-state index is -0.298. The van der Waals surface area contributed by atoms with Crippen molar-refractivity contribution in [1.82, 2.24) is 5.32 Å². The van der Waals surface area contributed by atoms with E-state index in [4.69, 9.17) is 5.73 Å². The van der Waals surface area contributed by atoms with Crippen LogP contribution in [0.25, 0.3) is 0 Å². The summed E-state index contributed by atoms with van der Waals surface area (Å²) in [6.45, 7) is 2.81. The van der Waals surface area contributed by atoms with Gasteiger partial charge in [0.15, 0.2) is 0 Å². The van der Waals surface area contributed by atoms with Crippen LogP contribution < -0.4 is 11.1 Å². The number of phenolic OH excluding ortho intramolecular Hbond substituents is 2. The summed E-state index contributed by atoms with van der Waals surface area (Å²) in [5.41, 5.74) is 5.99. The van der Waals surface area contributed by atoms with E-state index >= 15 is 0 Å². The van der Waals surface area contributed by atoms with E-state index in [-0.39, 0.29) is 23.0 Å². The molecule has 0 aromatic heterocycles. The lowest BCUT2D eigenvalue weighted by Crippen LogP contribution is -2.24. The van der Waals surface area contributed by atoms with Gasteiger partial charge in [0, 0.05) is 17.7 Å². The van der Waals surface area contributed by atoms with Crippen LogP contribution in [0.5, 0.6) is 11.5 Å². The molecule has 1 aromatic rings. The molecule has 0 saturated heterocycles. The van der Waals surface area contributed by atoms with Crippen LogP contribution in [-0.4, -0.2) is 29.2 Å². The van der Waals surface area contributed by atoms with Crippen molar-refractivity contribution in [1.29, 1.82) is 0 Å². The molecule has 0 unspecified atom stereocenters. The Hall–Kier alpha value is -1.75. The first kappa shape index (κ1) is 14.3. The van der Waals surface area contributed by atoms with Crippen LogP contribution in [0.3, 0.4) is 0 Å². The summed E-state index contributed by atoms with van der Waals surface area (Å²) in [6, 6.07) is 2.70. The Kier molecular flexibility index (Phi) is 5.45. The van der Waals surface area contributed by atoms with Gasteiger partial charge in [0.2, 0.25) is 0 Å². The van der Waals surface area contributed by atoms with Crippen molar-refractivity contribution in [3.8, 4) is 11.5 Å².